The first-order chi connectivity index (χ1) is 7.27. The molecule has 0 amide bonds. The Hall–Kier alpha value is -1.02. The van der Waals surface area contributed by atoms with Crippen molar-refractivity contribution >= 4 is 5.69 Å². The first-order valence-electron chi connectivity index (χ1n) is 5.67. The van der Waals surface area contributed by atoms with Crippen molar-refractivity contribution in [3.8, 4) is 0 Å². The van der Waals surface area contributed by atoms with E-state index >= 15 is 0 Å². The van der Waals surface area contributed by atoms with E-state index in [4.69, 9.17) is 4.74 Å². The first kappa shape index (κ1) is 9.22. The van der Waals surface area contributed by atoms with Gasteiger partial charge in [-0.1, -0.05) is 17.7 Å². The Balaban J connectivity index is 1.69. The molecule has 0 radical (unpaired) electrons. The summed E-state index contributed by atoms with van der Waals surface area (Å²) in [6.45, 7) is 6.41. The van der Waals surface area contributed by atoms with Crippen molar-refractivity contribution < 1.29 is 4.74 Å². The maximum atomic E-state index is 5.48. The summed E-state index contributed by atoms with van der Waals surface area (Å²) in [5.74, 6) is 0. The van der Waals surface area contributed by atoms with E-state index in [9.17, 15) is 0 Å². The zero-order valence-corrected chi connectivity index (χ0v) is 9.20. The molecule has 2 heteroatoms. The van der Waals surface area contributed by atoms with Gasteiger partial charge >= 0.3 is 0 Å². The summed E-state index contributed by atoms with van der Waals surface area (Å²) in [7, 11) is 0. The lowest BCUT2D eigenvalue weighted by Crippen LogP contribution is -2.56. The van der Waals surface area contributed by atoms with Crippen molar-refractivity contribution in [3.63, 3.8) is 0 Å². The molecule has 0 bridgehead atoms. The molecule has 0 aromatic heterocycles. The van der Waals surface area contributed by atoms with Crippen LogP contribution in [0.3, 0.4) is 0 Å². The zero-order valence-electron chi connectivity index (χ0n) is 9.20. The Kier molecular flexibility index (Phi) is 1.99. The number of benzene rings is 1. The van der Waals surface area contributed by atoms with Crippen LogP contribution in [0, 0.1) is 12.3 Å². The second-order valence-electron chi connectivity index (χ2n) is 4.99. The number of rotatable bonds is 1. The van der Waals surface area contributed by atoms with Crippen LogP contribution in [0.2, 0.25) is 0 Å². The lowest BCUT2D eigenvalue weighted by molar-refractivity contribution is 0.131. The van der Waals surface area contributed by atoms with Gasteiger partial charge in [-0.15, -0.1) is 0 Å². The zero-order chi connectivity index (χ0) is 10.3. The summed E-state index contributed by atoms with van der Waals surface area (Å²) in [5.41, 5.74) is 3.18. The van der Waals surface area contributed by atoms with Gasteiger partial charge in [0.25, 0.3) is 0 Å². The first-order valence-corrected chi connectivity index (χ1v) is 5.67. The largest absolute Gasteiger partial charge is 0.381 e. The van der Waals surface area contributed by atoms with Crippen LogP contribution in [-0.2, 0) is 4.74 Å². The smallest absolute Gasteiger partial charge is 0.0557 e. The number of ether oxygens (including phenoxy) is 1. The van der Waals surface area contributed by atoms with E-state index in [1.54, 1.807) is 0 Å². The topological polar surface area (TPSA) is 12.5 Å². The fraction of sp³-hybridized carbons (Fsp3) is 0.538. The highest BCUT2D eigenvalue weighted by Gasteiger charge is 2.45. The van der Waals surface area contributed by atoms with Gasteiger partial charge in [0.1, 0.15) is 0 Å². The van der Waals surface area contributed by atoms with Crippen LogP contribution >= 0.6 is 0 Å². The highest BCUT2D eigenvalue weighted by molar-refractivity contribution is 5.50. The minimum absolute atomic E-state index is 0.491. The van der Waals surface area contributed by atoms with Crippen molar-refractivity contribution in [2.45, 2.75) is 13.3 Å². The van der Waals surface area contributed by atoms with Crippen LogP contribution < -0.4 is 4.90 Å². The highest BCUT2D eigenvalue weighted by Crippen LogP contribution is 2.40. The quantitative estimate of drug-likeness (QED) is 0.694. The second-order valence-corrected chi connectivity index (χ2v) is 4.99. The van der Waals surface area contributed by atoms with Gasteiger partial charge in [0.2, 0.25) is 0 Å². The maximum Gasteiger partial charge on any atom is 0.0557 e. The molecule has 0 aliphatic carbocycles. The molecule has 1 spiro atoms. The van der Waals surface area contributed by atoms with E-state index in [0.29, 0.717) is 5.41 Å². The minimum Gasteiger partial charge on any atom is -0.381 e. The van der Waals surface area contributed by atoms with E-state index in [2.05, 4.69) is 36.1 Å². The maximum absolute atomic E-state index is 5.48. The van der Waals surface area contributed by atoms with E-state index in [1.807, 2.05) is 0 Å². The van der Waals surface area contributed by atoms with E-state index in [1.165, 1.54) is 30.8 Å². The van der Waals surface area contributed by atoms with E-state index in [-0.39, 0.29) is 0 Å². The molecule has 0 atom stereocenters. The lowest BCUT2D eigenvalue weighted by atomic mass is 9.79. The standard InChI is InChI=1S/C13H17NO/c1-11-2-4-12(5-3-11)14-8-13(9-14)6-7-15-10-13/h2-5H,6-10H2,1H3. The summed E-state index contributed by atoms with van der Waals surface area (Å²) in [6.07, 6.45) is 1.25. The second kappa shape index (κ2) is 3.24. The van der Waals surface area contributed by atoms with Gasteiger partial charge in [0, 0.05) is 30.8 Å². The number of anilines is 1. The molecular weight excluding hydrogens is 186 g/mol. The van der Waals surface area contributed by atoms with Gasteiger partial charge < -0.3 is 9.64 Å². The summed E-state index contributed by atoms with van der Waals surface area (Å²) in [6, 6.07) is 8.81. The minimum atomic E-state index is 0.491. The van der Waals surface area contributed by atoms with E-state index in [0.717, 1.165) is 13.2 Å². The van der Waals surface area contributed by atoms with Crippen LogP contribution in [0.4, 0.5) is 5.69 Å². The molecule has 2 aliphatic rings. The van der Waals surface area contributed by atoms with Gasteiger partial charge in [-0.2, -0.15) is 0 Å². The van der Waals surface area contributed by atoms with Crippen molar-refractivity contribution in [2.75, 3.05) is 31.2 Å². The Labute approximate surface area is 90.8 Å². The third kappa shape index (κ3) is 1.53. The fourth-order valence-electron chi connectivity index (χ4n) is 2.60. The normalized spacial score (nSPS) is 23.1. The third-order valence-corrected chi connectivity index (χ3v) is 3.64. The van der Waals surface area contributed by atoms with Crippen molar-refractivity contribution in [1.82, 2.24) is 0 Å². The molecular formula is C13H17NO. The fourth-order valence-corrected chi connectivity index (χ4v) is 2.60. The molecule has 0 unspecified atom stereocenters. The summed E-state index contributed by atoms with van der Waals surface area (Å²) in [4.78, 5) is 2.45. The molecule has 1 aromatic carbocycles. The Morgan fingerprint density at radius 3 is 2.53 bits per heavy atom. The number of hydrogen-bond donors (Lipinski definition) is 0. The van der Waals surface area contributed by atoms with Gasteiger partial charge in [0.05, 0.1) is 6.61 Å². The molecule has 80 valence electrons. The monoisotopic (exact) mass is 203 g/mol. The molecule has 1 aromatic rings. The predicted molar refractivity (Wildman–Crippen MR) is 61.3 cm³/mol. The van der Waals surface area contributed by atoms with Crippen LogP contribution in [-0.4, -0.2) is 26.3 Å². The van der Waals surface area contributed by atoms with Crippen LogP contribution in [0.15, 0.2) is 24.3 Å². The average Bonchev–Trinajstić information content (AvgIpc) is 2.66. The van der Waals surface area contributed by atoms with E-state index < -0.39 is 0 Å². The molecule has 0 N–H and O–H groups in total. The summed E-state index contributed by atoms with van der Waals surface area (Å²) >= 11 is 0. The van der Waals surface area contributed by atoms with Crippen LogP contribution in [0.1, 0.15) is 12.0 Å². The number of aryl methyl sites for hydroxylation is 1. The van der Waals surface area contributed by atoms with Crippen LogP contribution in [0.5, 0.6) is 0 Å². The molecule has 2 saturated heterocycles. The third-order valence-electron chi connectivity index (χ3n) is 3.64. The van der Waals surface area contributed by atoms with Gasteiger partial charge in [-0.05, 0) is 25.5 Å². The molecule has 2 nitrogen and oxygen atoms in total. The van der Waals surface area contributed by atoms with Crippen molar-refractivity contribution in [2.24, 2.45) is 5.41 Å². The Morgan fingerprint density at radius 2 is 1.93 bits per heavy atom. The van der Waals surface area contributed by atoms with Gasteiger partial charge in [0.15, 0.2) is 0 Å². The van der Waals surface area contributed by atoms with Crippen molar-refractivity contribution in [1.29, 1.82) is 0 Å². The molecule has 2 heterocycles. The Bertz CT molecular complexity index is 343. The summed E-state index contributed by atoms with van der Waals surface area (Å²) in [5, 5.41) is 0. The van der Waals surface area contributed by atoms with Gasteiger partial charge in [-0.25, -0.2) is 0 Å². The molecule has 2 fully saturated rings. The number of hydrogen-bond acceptors (Lipinski definition) is 2. The predicted octanol–water partition coefficient (Wildman–Crippen LogP) is 2.22. The molecule has 0 saturated carbocycles. The van der Waals surface area contributed by atoms with Crippen molar-refractivity contribution in [3.05, 3.63) is 29.8 Å². The summed E-state index contributed by atoms with van der Waals surface area (Å²) < 4.78 is 5.48. The average molecular weight is 203 g/mol. The Morgan fingerprint density at radius 1 is 1.20 bits per heavy atom. The van der Waals surface area contributed by atoms with Crippen LogP contribution in [0.25, 0.3) is 0 Å². The molecule has 3 rings (SSSR count). The van der Waals surface area contributed by atoms with Gasteiger partial charge in [-0.3, -0.25) is 0 Å². The molecule has 2 aliphatic heterocycles. The SMILES string of the molecule is Cc1ccc(N2CC3(CCOC3)C2)cc1. The lowest BCUT2D eigenvalue weighted by Gasteiger charge is -2.48. The highest BCUT2D eigenvalue weighted by atomic mass is 16.5. The molecule has 15 heavy (non-hydrogen) atoms. The number of nitrogens with zero attached hydrogens (tertiary/aromatic N) is 1.